The van der Waals surface area contributed by atoms with E-state index >= 15 is 0 Å². The molecule has 1 fully saturated rings. The van der Waals surface area contributed by atoms with Gasteiger partial charge in [-0.25, -0.2) is 8.37 Å². The van der Waals surface area contributed by atoms with E-state index in [1.165, 1.54) is 6.92 Å². The van der Waals surface area contributed by atoms with Gasteiger partial charge in [0, 0.05) is 0 Å². The average Bonchev–Trinajstić information content (AvgIpc) is 1.80. The van der Waals surface area contributed by atoms with Crippen LogP contribution in [0.1, 0.15) is 20.8 Å². The van der Waals surface area contributed by atoms with Crippen LogP contribution in [0.5, 0.6) is 0 Å². The van der Waals surface area contributed by atoms with Crippen LogP contribution < -0.4 is 0 Å². The molecule has 0 aromatic carbocycles. The van der Waals surface area contributed by atoms with E-state index in [2.05, 4.69) is 8.37 Å². The van der Waals surface area contributed by atoms with E-state index in [-0.39, 0.29) is 0 Å². The Bertz CT molecular complexity index is 364. The molecule has 0 atom stereocenters. The number of hydrogen-bond donors (Lipinski definition) is 0. The van der Waals surface area contributed by atoms with Crippen LogP contribution in [-0.4, -0.2) is 27.2 Å². The SMILES string of the molecule is CC1OS(=O)(=O)C(C)(C)S(=O)(=O)O1. The van der Waals surface area contributed by atoms with E-state index in [1.54, 1.807) is 0 Å². The molecule has 1 aliphatic heterocycles. The Balaban J connectivity index is 3.37. The van der Waals surface area contributed by atoms with Crippen LogP contribution in [0.2, 0.25) is 0 Å². The summed E-state index contributed by atoms with van der Waals surface area (Å²) in [7, 11) is -8.26. The van der Waals surface area contributed by atoms with Crippen molar-refractivity contribution in [3.05, 3.63) is 0 Å². The molecule has 0 amide bonds. The molecule has 1 rings (SSSR count). The second-order valence-corrected chi connectivity index (χ2v) is 7.57. The minimum absolute atomic E-state index is 1.02. The highest BCUT2D eigenvalue weighted by molar-refractivity contribution is 8.06. The van der Waals surface area contributed by atoms with Gasteiger partial charge in [-0.15, -0.1) is 0 Å². The first-order valence-corrected chi connectivity index (χ1v) is 6.27. The number of hydrogen-bond acceptors (Lipinski definition) is 6. The highest BCUT2D eigenvalue weighted by atomic mass is 32.3. The van der Waals surface area contributed by atoms with E-state index < -0.39 is 30.6 Å². The Labute approximate surface area is 77.1 Å². The first kappa shape index (κ1) is 10.9. The van der Waals surface area contributed by atoms with Gasteiger partial charge in [-0.2, -0.15) is 16.8 Å². The Morgan fingerprint density at radius 2 is 1.31 bits per heavy atom. The lowest BCUT2D eigenvalue weighted by atomic mass is 10.5. The lowest BCUT2D eigenvalue weighted by Crippen LogP contribution is -2.49. The Hall–Kier alpha value is -0.180. The molecular formula is C5H10O6S2. The van der Waals surface area contributed by atoms with Crippen molar-refractivity contribution in [2.24, 2.45) is 0 Å². The van der Waals surface area contributed by atoms with E-state index in [4.69, 9.17) is 0 Å². The first-order chi connectivity index (χ1) is 5.60. The van der Waals surface area contributed by atoms with E-state index in [0.29, 0.717) is 0 Å². The fourth-order valence-corrected chi connectivity index (χ4v) is 3.27. The lowest BCUT2D eigenvalue weighted by molar-refractivity contribution is 0.0203. The van der Waals surface area contributed by atoms with Crippen LogP contribution >= 0.6 is 0 Å². The molecule has 0 radical (unpaired) electrons. The zero-order valence-corrected chi connectivity index (χ0v) is 8.98. The standard InChI is InChI=1S/C5H10O6S2/c1-4-10-12(6,7)5(2,3)13(8,9)11-4/h4H,1-3H3. The van der Waals surface area contributed by atoms with Crippen molar-refractivity contribution >= 4 is 20.2 Å². The second kappa shape index (κ2) is 2.66. The van der Waals surface area contributed by atoms with Gasteiger partial charge in [0.2, 0.25) is 4.08 Å². The fraction of sp³-hybridized carbons (Fsp3) is 1.00. The summed E-state index contributed by atoms with van der Waals surface area (Å²) in [6, 6.07) is 0. The lowest BCUT2D eigenvalue weighted by Gasteiger charge is -2.30. The van der Waals surface area contributed by atoms with Crippen molar-refractivity contribution in [1.82, 2.24) is 0 Å². The second-order valence-electron chi connectivity index (χ2n) is 3.07. The first-order valence-electron chi connectivity index (χ1n) is 3.46. The topological polar surface area (TPSA) is 86.7 Å². The third-order valence-electron chi connectivity index (χ3n) is 1.73. The molecule has 8 heteroatoms. The Morgan fingerprint density at radius 3 is 1.62 bits per heavy atom. The summed E-state index contributed by atoms with van der Waals surface area (Å²) in [5.74, 6) is 0. The molecule has 0 unspecified atom stereocenters. The summed E-state index contributed by atoms with van der Waals surface area (Å²) < 4.78 is 51.7. The van der Waals surface area contributed by atoms with Crippen LogP contribution in [0.4, 0.5) is 0 Å². The summed E-state index contributed by atoms with van der Waals surface area (Å²) in [6.45, 7) is 3.23. The molecule has 0 N–H and O–H groups in total. The molecule has 0 aromatic rings. The van der Waals surface area contributed by atoms with Crippen molar-refractivity contribution in [2.75, 3.05) is 0 Å². The minimum Gasteiger partial charge on any atom is -0.236 e. The molecule has 1 saturated heterocycles. The predicted molar refractivity (Wildman–Crippen MR) is 43.6 cm³/mol. The molecule has 1 aliphatic rings. The van der Waals surface area contributed by atoms with Crippen LogP contribution in [0.3, 0.4) is 0 Å². The largest absolute Gasteiger partial charge is 0.292 e. The van der Waals surface area contributed by atoms with Crippen molar-refractivity contribution in [3.8, 4) is 0 Å². The van der Waals surface area contributed by atoms with Crippen molar-refractivity contribution in [3.63, 3.8) is 0 Å². The van der Waals surface area contributed by atoms with Gasteiger partial charge in [0.15, 0.2) is 6.29 Å². The minimum atomic E-state index is -4.13. The van der Waals surface area contributed by atoms with Crippen molar-refractivity contribution < 1.29 is 25.2 Å². The van der Waals surface area contributed by atoms with E-state index in [0.717, 1.165) is 13.8 Å². The smallest absolute Gasteiger partial charge is 0.236 e. The molecule has 0 aliphatic carbocycles. The summed E-state index contributed by atoms with van der Waals surface area (Å²) in [5.41, 5.74) is 0. The van der Waals surface area contributed by atoms with Gasteiger partial charge in [0.25, 0.3) is 20.2 Å². The molecule has 0 bridgehead atoms. The molecule has 6 nitrogen and oxygen atoms in total. The normalized spacial score (nSPS) is 31.3. The van der Waals surface area contributed by atoms with Crippen molar-refractivity contribution in [2.45, 2.75) is 31.1 Å². The van der Waals surface area contributed by atoms with Crippen LogP contribution in [0.25, 0.3) is 0 Å². The fourth-order valence-electron chi connectivity index (χ4n) is 0.730. The molecule has 13 heavy (non-hydrogen) atoms. The monoisotopic (exact) mass is 230 g/mol. The predicted octanol–water partition coefficient (Wildman–Crippen LogP) is -0.225. The maximum absolute atomic E-state index is 11.2. The Morgan fingerprint density at radius 1 is 1.00 bits per heavy atom. The Kier molecular flexibility index (Phi) is 2.23. The third-order valence-corrected chi connectivity index (χ3v) is 6.41. The van der Waals surface area contributed by atoms with Crippen molar-refractivity contribution in [1.29, 1.82) is 0 Å². The summed E-state index contributed by atoms with van der Waals surface area (Å²) in [4.78, 5) is 0. The number of rotatable bonds is 0. The highest BCUT2D eigenvalue weighted by Gasteiger charge is 2.54. The van der Waals surface area contributed by atoms with Gasteiger partial charge < -0.3 is 0 Å². The maximum Gasteiger partial charge on any atom is 0.292 e. The van der Waals surface area contributed by atoms with Crippen LogP contribution in [-0.2, 0) is 28.6 Å². The zero-order valence-electron chi connectivity index (χ0n) is 7.34. The molecule has 0 spiro atoms. The van der Waals surface area contributed by atoms with Gasteiger partial charge >= 0.3 is 0 Å². The van der Waals surface area contributed by atoms with Gasteiger partial charge in [0.1, 0.15) is 0 Å². The van der Waals surface area contributed by atoms with Gasteiger partial charge in [-0.3, -0.25) is 0 Å². The molecule has 0 aromatic heterocycles. The third kappa shape index (κ3) is 1.47. The molecule has 78 valence electrons. The van der Waals surface area contributed by atoms with E-state index in [9.17, 15) is 16.8 Å². The summed E-state index contributed by atoms with van der Waals surface area (Å²) >= 11 is 0. The van der Waals surface area contributed by atoms with E-state index in [1.807, 2.05) is 0 Å². The quantitative estimate of drug-likeness (QED) is 0.534. The average molecular weight is 230 g/mol. The maximum atomic E-state index is 11.2. The summed E-state index contributed by atoms with van der Waals surface area (Å²) in [6.07, 6.45) is -1.29. The van der Waals surface area contributed by atoms with Gasteiger partial charge in [-0.1, -0.05) is 0 Å². The summed E-state index contributed by atoms with van der Waals surface area (Å²) in [5, 5.41) is 0. The van der Waals surface area contributed by atoms with Crippen LogP contribution in [0, 0.1) is 0 Å². The zero-order chi connectivity index (χ0) is 10.5. The molecule has 0 saturated carbocycles. The molecular weight excluding hydrogens is 220 g/mol. The van der Waals surface area contributed by atoms with Gasteiger partial charge in [-0.05, 0) is 20.8 Å². The highest BCUT2D eigenvalue weighted by Crippen LogP contribution is 2.33. The molecule has 1 heterocycles. The van der Waals surface area contributed by atoms with Gasteiger partial charge in [0.05, 0.1) is 0 Å². The van der Waals surface area contributed by atoms with Crippen LogP contribution in [0.15, 0.2) is 0 Å².